The highest BCUT2D eigenvalue weighted by atomic mass is 16.5. The summed E-state index contributed by atoms with van der Waals surface area (Å²) in [6.07, 6.45) is 4.47. The standard InChI is InChI=1S/C26H26N4O4/c1-18-5-3-14-30-16-21(29-24(18)30)17-34-23-10-8-19(9-11-23)25(32)27-12-4-13-28-26(33)20-6-2-7-22(31)15-20/h2-3,5-11,14-16,31H,4,12-13,17H2,1H3,(H,27,32)(H,28,33). The van der Waals surface area contributed by atoms with Crippen molar-refractivity contribution in [1.29, 1.82) is 0 Å². The summed E-state index contributed by atoms with van der Waals surface area (Å²) in [7, 11) is 0. The van der Waals surface area contributed by atoms with Gasteiger partial charge in [0, 0.05) is 36.6 Å². The van der Waals surface area contributed by atoms with Crippen molar-refractivity contribution in [3.05, 3.63) is 95.4 Å². The molecule has 0 unspecified atom stereocenters. The minimum absolute atomic E-state index is 0.0432. The molecule has 174 valence electrons. The Hall–Kier alpha value is -4.33. The summed E-state index contributed by atoms with van der Waals surface area (Å²) in [5.41, 5.74) is 3.75. The van der Waals surface area contributed by atoms with Gasteiger partial charge in [-0.3, -0.25) is 9.59 Å². The van der Waals surface area contributed by atoms with Crippen LogP contribution in [0.5, 0.6) is 11.5 Å². The lowest BCUT2D eigenvalue weighted by Gasteiger charge is -2.08. The third kappa shape index (κ3) is 5.72. The average Bonchev–Trinajstić information content (AvgIpc) is 3.27. The van der Waals surface area contributed by atoms with E-state index < -0.39 is 0 Å². The summed E-state index contributed by atoms with van der Waals surface area (Å²) in [6, 6.07) is 17.1. The lowest BCUT2D eigenvalue weighted by molar-refractivity contribution is 0.0951. The Morgan fingerprint density at radius 3 is 2.41 bits per heavy atom. The molecule has 0 aliphatic carbocycles. The van der Waals surface area contributed by atoms with Crippen LogP contribution in [0.1, 0.15) is 38.4 Å². The molecule has 2 heterocycles. The summed E-state index contributed by atoms with van der Waals surface area (Å²) in [5, 5.41) is 15.0. The first-order valence-corrected chi connectivity index (χ1v) is 11.0. The third-order valence-electron chi connectivity index (χ3n) is 5.26. The molecule has 8 heteroatoms. The molecule has 2 amide bonds. The number of phenolic OH excluding ortho intramolecular Hbond substituents is 1. The van der Waals surface area contributed by atoms with Gasteiger partial charge in [-0.1, -0.05) is 12.1 Å². The van der Waals surface area contributed by atoms with Crippen LogP contribution >= 0.6 is 0 Å². The number of carbonyl (C=O) groups excluding carboxylic acids is 2. The minimum Gasteiger partial charge on any atom is -0.508 e. The number of nitrogens with zero attached hydrogens (tertiary/aromatic N) is 2. The second kappa shape index (κ2) is 10.5. The fourth-order valence-electron chi connectivity index (χ4n) is 3.48. The zero-order valence-corrected chi connectivity index (χ0v) is 18.8. The number of nitrogens with one attached hydrogen (secondary N) is 2. The van der Waals surface area contributed by atoms with Crippen molar-refractivity contribution < 1.29 is 19.4 Å². The number of phenols is 1. The largest absolute Gasteiger partial charge is 0.508 e. The Balaban J connectivity index is 1.19. The van der Waals surface area contributed by atoms with E-state index in [1.165, 1.54) is 12.1 Å². The van der Waals surface area contributed by atoms with Crippen LogP contribution in [0, 0.1) is 6.92 Å². The Morgan fingerprint density at radius 1 is 0.971 bits per heavy atom. The van der Waals surface area contributed by atoms with Crippen molar-refractivity contribution in [1.82, 2.24) is 20.0 Å². The maximum Gasteiger partial charge on any atom is 0.251 e. The minimum atomic E-state index is -0.267. The molecule has 0 saturated carbocycles. The highest BCUT2D eigenvalue weighted by molar-refractivity contribution is 5.95. The number of rotatable bonds is 9. The number of fused-ring (bicyclic) bond motifs is 1. The van der Waals surface area contributed by atoms with E-state index >= 15 is 0 Å². The molecule has 0 aliphatic rings. The van der Waals surface area contributed by atoms with Crippen LogP contribution in [-0.4, -0.2) is 39.4 Å². The first kappa shape index (κ1) is 22.8. The fraction of sp³-hybridized carbons (Fsp3) is 0.192. The van der Waals surface area contributed by atoms with Gasteiger partial charge in [0.05, 0.1) is 5.69 Å². The number of aromatic nitrogens is 2. The van der Waals surface area contributed by atoms with Crippen molar-refractivity contribution in [2.45, 2.75) is 20.0 Å². The van der Waals surface area contributed by atoms with Gasteiger partial charge in [-0.2, -0.15) is 0 Å². The molecule has 2 aromatic carbocycles. The second-order valence-electron chi connectivity index (χ2n) is 7.88. The summed E-state index contributed by atoms with van der Waals surface area (Å²) in [5.74, 6) is 0.236. The molecule has 8 nitrogen and oxygen atoms in total. The topological polar surface area (TPSA) is 105 Å². The molecule has 4 aromatic rings. The molecule has 0 atom stereocenters. The van der Waals surface area contributed by atoms with Gasteiger partial charge >= 0.3 is 0 Å². The molecule has 3 N–H and O–H groups in total. The number of hydrogen-bond acceptors (Lipinski definition) is 5. The van der Waals surface area contributed by atoms with Crippen LogP contribution < -0.4 is 15.4 Å². The van der Waals surface area contributed by atoms with Crippen LogP contribution in [0.15, 0.2) is 73.1 Å². The second-order valence-corrected chi connectivity index (χ2v) is 7.88. The first-order chi connectivity index (χ1) is 16.5. The van der Waals surface area contributed by atoms with Gasteiger partial charge in [0.25, 0.3) is 11.8 Å². The van der Waals surface area contributed by atoms with Crippen molar-refractivity contribution in [2.75, 3.05) is 13.1 Å². The number of hydrogen-bond donors (Lipinski definition) is 3. The number of amides is 2. The molecule has 0 radical (unpaired) electrons. The maximum absolute atomic E-state index is 12.3. The lowest BCUT2D eigenvalue weighted by atomic mass is 10.2. The van der Waals surface area contributed by atoms with Gasteiger partial charge in [-0.15, -0.1) is 0 Å². The first-order valence-electron chi connectivity index (χ1n) is 11.0. The summed E-state index contributed by atoms with van der Waals surface area (Å²) < 4.78 is 7.78. The predicted octanol–water partition coefficient (Wildman–Crippen LogP) is 3.48. The molecule has 0 fully saturated rings. The highest BCUT2D eigenvalue weighted by Crippen LogP contribution is 2.16. The lowest BCUT2D eigenvalue weighted by Crippen LogP contribution is -2.29. The normalized spacial score (nSPS) is 10.7. The van der Waals surface area contributed by atoms with E-state index in [2.05, 4.69) is 15.6 Å². The quantitative estimate of drug-likeness (QED) is 0.333. The molecule has 0 aliphatic heterocycles. The smallest absolute Gasteiger partial charge is 0.251 e. The zero-order chi connectivity index (χ0) is 23.9. The molecular formula is C26H26N4O4. The average molecular weight is 459 g/mol. The monoisotopic (exact) mass is 458 g/mol. The summed E-state index contributed by atoms with van der Waals surface area (Å²) in [4.78, 5) is 29.0. The van der Waals surface area contributed by atoms with Crippen molar-refractivity contribution in [3.63, 3.8) is 0 Å². The van der Waals surface area contributed by atoms with Crippen molar-refractivity contribution in [2.24, 2.45) is 0 Å². The molecule has 34 heavy (non-hydrogen) atoms. The zero-order valence-electron chi connectivity index (χ0n) is 18.8. The number of benzene rings is 2. The van der Waals surface area contributed by atoms with Gasteiger partial charge in [-0.25, -0.2) is 4.98 Å². The van der Waals surface area contributed by atoms with E-state index in [9.17, 15) is 14.7 Å². The number of aromatic hydroxyl groups is 1. The fourth-order valence-corrected chi connectivity index (χ4v) is 3.48. The van der Waals surface area contributed by atoms with Gasteiger partial charge in [0.1, 0.15) is 23.8 Å². The predicted molar refractivity (Wildman–Crippen MR) is 128 cm³/mol. The molecule has 0 bridgehead atoms. The summed E-state index contributed by atoms with van der Waals surface area (Å²) in [6.45, 7) is 3.18. The van der Waals surface area contributed by atoms with Crippen molar-refractivity contribution >= 4 is 17.5 Å². The summed E-state index contributed by atoms with van der Waals surface area (Å²) >= 11 is 0. The van der Waals surface area contributed by atoms with Gasteiger partial charge in [0.15, 0.2) is 0 Å². The van der Waals surface area contributed by atoms with E-state index in [1.54, 1.807) is 36.4 Å². The third-order valence-corrected chi connectivity index (χ3v) is 5.26. The number of carbonyl (C=O) groups is 2. The number of ether oxygens (including phenoxy) is 1. The SMILES string of the molecule is Cc1cccn2cc(COc3ccc(C(=O)NCCCNC(=O)c4cccc(O)c4)cc3)nc12. The van der Waals surface area contributed by atoms with E-state index in [4.69, 9.17) is 4.74 Å². The van der Waals surface area contributed by atoms with Crippen molar-refractivity contribution in [3.8, 4) is 11.5 Å². The molecule has 0 saturated heterocycles. The van der Waals surface area contributed by atoms with Crippen LogP contribution in [0.25, 0.3) is 5.65 Å². The van der Waals surface area contributed by atoms with E-state index in [0.717, 1.165) is 16.9 Å². The van der Waals surface area contributed by atoms with Crippen LogP contribution in [0.4, 0.5) is 0 Å². The Morgan fingerprint density at radius 2 is 1.71 bits per heavy atom. The Kier molecular flexibility index (Phi) is 7.07. The highest BCUT2D eigenvalue weighted by Gasteiger charge is 2.08. The van der Waals surface area contributed by atoms with E-state index in [-0.39, 0.29) is 17.6 Å². The van der Waals surface area contributed by atoms with Crippen LogP contribution in [0.3, 0.4) is 0 Å². The van der Waals surface area contributed by atoms with Gasteiger partial charge < -0.3 is 24.9 Å². The van der Waals surface area contributed by atoms with Crippen LogP contribution in [0.2, 0.25) is 0 Å². The van der Waals surface area contributed by atoms with Crippen LogP contribution in [-0.2, 0) is 6.61 Å². The molecule has 2 aromatic heterocycles. The van der Waals surface area contributed by atoms with Gasteiger partial charge in [-0.05, 0) is 67.4 Å². The Bertz CT molecular complexity index is 1300. The molecule has 0 spiro atoms. The molecule has 4 rings (SSSR count). The number of pyridine rings is 1. The maximum atomic E-state index is 12.3. The number of aryl methyl sites for hydroxylation is 1. The molecular weight excluding hydrogens is 432 g/mol. The Labute approximate surface area is 197 Å². The van der Waals surface area contributed by atoms with E-state index in [1.807, 2.05) is 35.9 Å². The number of imidazole rings is 1. The van der Waals surface area contributed by atoms with E-state index in [0.29, 0.717) is 43.0 Å². The van der Waals surface area contributed by atoms with Gasteiger partial charge in [0.2, 0.25) is 0 Å².